The molecule has 182 valence electrons. The van der Waals surface area contributed by atoms with Crippen molar-refractivity contribution in [3.8, 4) is 5.69 Å². The van der Waals surface area contributed by atoms with E-state index in [9.17, 15) is 9.59 Å². The van der Waals surface area contributed by atoms with Gasteiger partial charge in [0.2, 0.25) is 0 Å². The number of aromatic nitrogens is 2. The number of carbonyl (C=O) groups excluding carboxylic acids is 1. The van der Waals surface area contributed by atoms with Crippen LogP contribution < -0.4 is 11.0 Å². The first kappa shape index (κ1) is 24.7. The zero-order valence-corrected chi connectivity index (χ0v) is 22.5. The van der Waals surface area contributed by atoms with Crippen LogP contribution in [-0.2, 0) is 17.6 Å². The number of amides is 1. The number of fused-ring (bicyclic) bond motifs is 3. The normalized spacial score (nSPS) is 13.5. The Labute approximate surface area is 225 Å². The molecule has 2 aromatic heterocycles. The van der Waals surface area contributed by atoms with Crippen LogP contribution in [0.3, 0.4) is 0 Å². The van der Waals surface area contributed by atoms with Gasteiger partial charge in [-0.1, -0.05) is 64.1 Å². The van der Waals surface area contributed by atoms with E-state index in [0.717, 1.165) is 57.2 Å². The summed E-state index contributed by atoms with van der Waals surface area (Å²) >= 11 is 6.30. The molecule has 9 heteroatoms. The summed E-state index contributed by atoms with van der Waals surface area (Å²) in [7, 11) is 0. The molecule has 0 unspecified atom stereocenters. The lowest BCUT2D eigenvalue weighted by atomic mass is 9.97. The van der Waals surface area contributed by atoms with Crippen molar-refractivity contribution in [2.45, 2.75) is 30.8 Å². The summed E-state index contributed by atoms with van der Waals surface area (Å²) in [5.41, 5.74) is 5.38. The van der Waals surface area contributed by atoms with Crippen LogP contribution in [-0.4, -0.2) is 27.4 Å². The topological polar surface area (TPSA) is 76.3 Å². The van der Waals surface area contributed by atoms with Crippen molar-refractivity contribution in [3.63, 3.8) is 0 Å². The lowest BCUT2D eigenvalue weighted by Gasteiger charge is -2.13. The van der Waals surface area contributed by atoms with Crippen LogP contribution >= 0.6 is 39.0 Å². The van der Waals surface area contributed by atoms with Crippen LogP contribution in [0, 0.1) is 0 Å². The van der Waals surface area contributed by atoms with Gasteiger partial charge in [0.1, 0.15) is 4.83 Å². The Bertz CT molecular complexity index is 1510. The SMILES string of the molecule is O=C(CSc1nc2sc3c(c2c(=O)n1-c1ccc(Br)cc1)CCCC3)NN=CC=Cc1ccccc1. The highest BCUT2D eigenvalue weighted by Gasteiger charge is 2.23. The summed E-state index contributed by atoms with van der Waals surface area (Å²) in [6.07, 6.45) is 9.35. The predicted octanol–water partition coefficient (Wildman–Crippen LogP) is 6.00. The number of nitrogens with one attached hydrogen (secondary N) is 1. The smallest absolute Gasteiger partial charge is 0.267 e. The molecule has 0 saturated heterocycles. The second-order valence-corrected chi connectivity index (χ2v) is 11.2. The van der Waals surface area contributed by atoms with Crippen LogP contribution in [0.15, 0.2) is 80.2 Å². The number of carbonyl (C=O) groups is 1. The molecule has 36 heavy (non-hydrogen) atoms. The lowest BCUT2D eigenvalue weighted by Crippen LogP contribution is -2.24. The molecule has 0 radical (unpaired) electrons. The van der Waals surface area contributed by atoms with Gasteiger partial charge in [-0.3, -0.25) is 14.2 Å². The van der Waals surface area contributed by atoms with Gasteiger partial charge in [-0.15, -0.1) is 11.3 Å². The first-order chi connectivity index (χ1) is 17.6. The van der Waals surface area contributed by atoms with Crippen molar-refractivity contribution >= 4 is 67.4 Å². The molecule has 0 spiro atoms. The second-order valence-electron chi connectivity index (χ2n) is 8.27. The van der Waals surface area contributed by atoms with Gasteiger partial charge in [-0.05, 0) is 67.2 Å². The predicted molar refractivity (Wildman–Crippen MR) is 152 cm³/mol. The molecule has 1 aliphatic carbocycles. The molecule has 4 aromatic rings. The first-order valence-corrected chi connectivity index (χ1v) is 14.2. The third kappa shape index (κ3) is 5.53. The minimum Gasteiger partial charge on any atom is -0.272 e. The quantitative estimate of drug-likeness (QED) is 0.126. The fourth-order valence-corrected chi connectivity index (χ4v) is 6.51. The molecular weight excluding hydrogens is 556 g/mol. The van der Waals surface area contributed by atoms with Gasteiger partial charge in [0.25, 0.3) is 11.5 Å². The number of benzene rings is 2. The zero-order valence-electron chi connectivity index (χ0n) is 19.3. The Balaban J connectivity index is 1.37. The van der Waals surface area contributed by atoms with Gasteiger partial charge in [-0.2, -0.15) is 5.10 Å². The van der Waals surface area contributed by atoms with E-state index in [2.05, 4.69) is 26.5 Å². The van der Waals surface area contributed by atoms with E-state index >= 15 is 0 Å². The standard InChI is InChI=1S/C27H23BrN4O2S2/c28-19-12-14-20(15-13-19)32-26(34)24-21-10-4-5-11-22(21)36-25(24)30-27(32)35-17-23(33)31-29-16-6-9-18-7-2-1-3-8-18/h1-3,6-9,12-16H,4-5,10-11,17H2,(H,31,33). The summed E-state index contributed by atoms with van der Waals surface area (Å²) in [6.45, 7) is 0. The van der Waals surface area contributed by atoms with Gasteiger partial charge < -0.3 is 0 Å². The summed E-state index contributed by atoms with van der Waals surface area (Å²) in [4.78, 5) is 33.1. The Morgan fingerprint density at radius 3 is 2.72 bits per heavy atom. The number of hydrogen-bond donors (Lipinski definition) is 1. The maximum atomic E-state index is 13.7. The average molecular weight is 580 g/mol. The van der Waals surface area contributed by atoms with Crippen molar-refractivity contribution in [1.29, 1.82) is 0 Å². The maximum absolute atomic E-state index is 13.7. The average Bonchev–Trinajstić information content (AvgIpc) is 3.27. The number of hydrogen-bond acceptors (Lipinski definition) is 6. The van der Waals surface area contributed by atoms with E-state index < -0.39 is 0 Å². The second kappa shape index (κ2) is 11.4. The summed E-state index contributed by atoms with van der Waals surface area (Å²) in [6, 6.07) is 17.4. The largest absolute Gasteiger partial charge is 0.272 e. The highest BCUT2D eigenvalue weighted by atomic mass is 79.9. The number of thiophene rings is 1. The van der Waals surface area contributed by atoms with E-state index in [1.807, 2.05) is 60.7 Å². The van der Waals surface area contributed by atoms with E-state index in [0.29, 0.717) is 5.16 Å². The van der Waals surface area contributed by atoms with Crippen LogP contribution in [0.1, 0.15) is 28.8 Å². The van der Waals surface area contributed by atoms with Crippen molar-refractivity contribution in [2.24, 2.45) is 5.10 Å². The third-order valence-electron chi connectivity index (χ3n) is 5.81. The van der Waals surface area contributed by atoms with Gasteiger partial charge in [-0.25, -0.2) is 10.4 Å². The number of nitrogens with zero attached hydrogens (tertiary/aromatic N) is 3. The fraction of sp³-hybridized carbons (Fsp3) is 0.185. The van der Waals surface area contributed by atoms with Gasteiger partial charge in [0.05, 0.1) is 16.8 Å². The van der Waals surface area contributed by atoms with Crippen molar-refractivity contribution in [3.05, 3.63) is 91.5 Å². The van der Waals surface area contributed by atoms with E-state index in [-0.39, 0.29) is 17.2 Å². The minimum atomic E-state index is -0.272. The maximum Gasteiger partial charge on any atom is 0.267 e. The Kier molecular flexibility index (Phi) is 7.79. The molecule has 0 fully saturated rings. The van der Waals surface area contributed by atoms with Crippen molar-refractivity contribution in [2.75, 3.05) is 5.75 Å². The van der Waals surface area contributed by atoms with Crippen LogP contribution in [0.25, 0.3) is 22.0 Å². The molecule has 5 rings (SSSR count). The molecule has 0 atom stereocenters. The van der Waals surface area contributed by atoms with E-state index in [4.69, 9.17) is 4.98 Å². The van der Waals surface area contributed by atoms with Crippen molar-refractivity contribution in [1.82, 2.24) is 15.0 Å². The highest BCUT2D eigenvalue weighted by molar-refractivity contribution is 9.10. The van der Waals surface area contributed by atoms with Gasteiger partial charge in [0, 0.05) is 15.6 Å². The molecule has 2 aromatic carbocycles. The molecule has 1 amide bonds. The molecule has 0 aliphatic heterocycles. The van der Waals surface area contributed by atoms with Crippen LogP contribution in [0.2, 0.25) is 0 Å². The van der Waals surface area contributed by atoms with E-state index in [1.54, 1.807) is 22.0 Å². The highest BCUT2D eigenvalue weighted by Crippen LogP contribution is 2.35. The number of rotatable bonds is 7. The Hall–Kier alpha value is -3.01. The van der Waals surface area contributed by atoms with Gasteiger partial charge in [0.15, 0.2) is 5.16 Å². The van der Waals surface area contributed by atoms with Crippen molar-refractivity contribution < 1.29 is 4.79 Å². The Morgan fingerprint density at radius 2 is 1.92 bits per heavy atom. The molecule has 0 bridgehead atoms. The van der Waals surface area contributed by atoms with Crippen LogP contribution in [0.5, 0.6) is 0 Å². The fourth-order valence-electron chi connectivity index (χ4n) is 4.13. The van der Waals surface area contributed by atoms with E-state index in [1.165, 1.54) is 22.9 Å². The third-order valence-corrected chi connectivity index (χ3v) is 8.47. The molecule has 6 nitrogen and oxygen atoms in total. The number of thioether (sulfide) groups is 1. The number of hydrazone groups is 1. The Morgan fingerprint density at radius 1 is 1.14 bits per heavy atom. The molecule has 1 N–H and O–H groups in total. The molecular formula is C27H23BrN4O2S2. The molecule has 2 heterocycles. The lowest BCUT2D eigenvalue weighted by molar-refractivity contribution is -0.118. The molecule has 0 saturated carbocycles. The first-order valence-electron chi connectivity index (χ1n) is 11.6. The summed E-state index contributed by atoms with van der Waals surface area (Å²) in [5, 5.41) is 5.20. The number of aryl methyl sites for hydroxylation is 2. The number of allylic oxidation sites excluding steroid dienone is 1. The molecule has 1 aliphatic rings. The number of halogens is 1. The summed E-state index contributed by atoms with van der Waals surface area (Å²) in [5.74, 6) is -0.189. The van der Waals surface area contributed by atoms with Gasteiger partial charge >= 0.3 is 0 Å². The summed E-state index contributed by atoms with van der Waals surface area (Å²) < 4.78 is 2.55. The minimum absolute atomic E-state index is 0.0753. The zero-order chi connectivity index (χ0) is 24.9. The van der Waals surface area contributed by atoms with Crippen LogP contribution in [0.4, 0.5) is 0 Å². The monoisotopic (exact) mass is 578 g/mol.